The summed E-state index contributed by atoms with van der Waals surface area (Å²) in [5.74, 6) is -0.0271. The van der Waals surface area contributed by atoms with Gasteiger partial charge in [-0.05, 0) is 49.7 Å². The van der Waals surface area contributed by atoms with E-state index in [4.69, 9.17) is 21.3 Å². The summed E-state index contributed by atoms with van der Waals surface area (Å²) in [7, 11) is 0. The molecule has 160 valence electrons. The van der Waals surface area contributed by atoms with E-state index in [-0.39, 0.29) is 18.2 Å². The molecular weight excluding hydrogens is 416 g/mol. The lowest BCUT2D eigenvalue weighted by Gasteiger charge is -2.24. The minimum Gasteiger partial charge on any atom is -0.461 e. The Hall–Kier alpha value is -3.19. The monoisotopic (exact) mass is 438 g/mol. The van der Waals surface area contributed by atoms with Gasteiger partial charge in [-0.2, -0.15) is 0 Å². The van der Waals surface area contributed by atoms with Gasteiger partial charge >= 0.3 is 5.97 Å². The Bertz CT molecular complexity index is 1100. The maximum Gasteiger partial charge on any atom is 0.360 e. The number of aromatic nitrogens is 2. The van der Waals surface area contributed by atoms with Crippen LogP contribution in [0.2, 0.25) is 5.02 Å². The maximum atomic E-state index is 12.9. The zero-order valence-electron chi connectivity index (χ0n) is 17.3. The van der Waals surface area contributed by atoms with E-state index in [0.717, 1.165) is 6.42 Å². The number of anilines is 1. The molecule has 3 aromatic rings. The molecule has 1 aromatic heterocycles. The third kappa shape index (κ3) is 4.61. The number of nitrogens with zero attached hydrogens (tertiary/aromatic N) is 4. The summed E-state index contributed by atoms with van der Waals surface area (Å²) in [5, 5.41) is 0.597. The van der Waals surface area contributed by atoms with E-state index >= 15 is 0 Å². The highest BCUT2D eigenvalue weighted by Gasteiger charge is 2.26. The average molecular weight is 439 g/mol. The molecule has 1 aliphatic rings. The normalized spacial score (nSPS) is 14.4. The molecule has 31 heavy (non-hydrogen) atoms. The molecule has 0 N–H and O–H groups in total. The fourth-order valence-electron chi connectivity index (χ4n) is 3.65. The van der Waals surface area contributed by atoms with Crippen LogP contribution in [-0.4, -0.2) is 59.5 Å². The highest BCUT2D eigenvalue weighted by molar-refractivity contribution is 6.30. The molecule has 0 aliphatic carbocycles. The highest BCUT2D eigenvalue weighted by atomic mass is 35.5. The van der Waals surface area contributed by atoms with Gasteiger partial charge in [0.1, 0.15) is 0 Å². The molecular formula is C23H23ClN4O3. The number of carbonyl (C=O) groups excluding carboxylic acids is 2. The van der Waals surface area contributed by atoms with Crippen LogP contribution in [0.1, 0.15) is 34.2 Å². The Morgan fingerprint density at radius 1 is 0.968 bits per heavy atom. The zero-order chi connectivity index (χ0) is 21.8. The van der Waals surface area contributed by atoms with Crippen molar-refractivity contribution >= 4 is 40.3 Å². The largest absolute Gasteiger partial charge is 0.461 e. The predicted molar refractivity (Wildman–Crippen MR) is 120 cm³/mol. The van der Waals surface area contributed by atoms with Gasteiger partial charge in [0.15, 0.2) is 11.5 Å². The molecule has 0 unspecified atom stereocenters. The Kier molecular flexibility index (Phi) is 6.32. The lowest BCUT2D eigenvalue weighted by atomic mass is 10.2. The van der Waals surface area contributed by atoms with Crippen LogP contribution in [0, 0.1) is 0 Å². The topological polar surface area (TPSA) is 75.6 Å². The van der Waals surface area contributed by atoms with Gasteiger partial charge in [-0.15, -0.1) is 0 Å². The SMILES string of the molecule is CCOC(=O)c1nc2ccccc2nc1N1CCCN(C(=O)c2ccc(Cl)cc2)CC1. The molecule has 0 saturated carbocycles. The van der Waals surface area contributed by atoms with Crippen LogP contribution >= 0.6 is 11.6 Å². The molecule has 8 heteroatoms. The number of fused-ring (bicyclic) bond motifs is 1. The van der Waals surface area contributed by atoms with Crippen molar-refractivity contribution in [2.75, 3.05) is 37.7 Å². The first-order chi connectivity index (χ1) is 15.1. The number of para-hydroxylation sites is 2. The minimum atomic E-state index is -0.492. The van der Waals surface area contributed by atoms with Crippen molar-refractivity contribution in [3.05, 3.63) is 64.8 Å². The summed E-state index contributed by atoms with van der Waals surface area (Å²) in [6.07, 6.45) is 0.746. The van der Waals surface area contributed by atoms with E-state index in [1.165, 1.54) is 0 Å². The zero-order valence-corrected chi connectivity index (χ0v) is 18.0. The molecule has 1 saturated heterocycles. The molecule has 7 nitrogen and oxygen atoms in total. The first-order valence-electron chi connectivity index (χ1n) is 10.3. The fraction of sp³-hybridized carbons (Fsp3) is 0.304. The molecule has 0 spiro atoms. The minimum absolute atomic E-state index is 0.0336. The van der Waals surface area contributed by atoms with Crippen LogP contribution in [0.25, 0.3) is 11.0 Å². The summed E-state index contributed by atoms with van der Waals surface area (Å²) >= 11 is 5.94. The van der Waals surface area contributed by atoms with Gasteiger partial charge < -0.3 is 14.5 Å². The number of rotatable bonds is 4. The van der Waals surface area contributed by atoms with Crippen LogP contribution in [0.3, 0.4) is 0 Å². The quantitative estimate of drug-likeness (QED) is 0.576. The summed E-state index contributed by atoms with van der Waals surface area (Å²) in [5.41, 5.74) is 2.17. The first kappa shape index (κ1) is 21.1. The van der Waals surface area contributed by atoms with Crippen LogP contribution < -0.4 is 4.90 Å². The number of halogens is 1. The number of amides is 1. The van der Waals surface area contributed by atoms with Crippen molar-refractivity contribution in [1.82, 2.24) is 14.9 Å². The molecule has 4 rings (SSSR count). The average Bonchev–Trinajstić information content (AvgIpc) is 3.04. The maximum absolute atomic E-state index is 12.9. The lowest BCUT2D eigenvalue weighted by molar-refractivity contribution is 0.0520. The molecule has 0 radical (unpaired) electrons. The number of esters is 1. The Balaban J connectivity index is 1.59. The van der Waals surface area contributed by atoms with Gasteiger partial charge in [0, 0.05) is 36.8 Å². The second kappa shape index (κ2) is 9.31. The predicted octanol–water partition coefficient (Wildman–Crippen LogP) is 3.81. The molecule has 2 heterocycles. The number of ether oxygens (including phenoxy) is 1. The lowest BCUT2D eigenvalue weighted by Crippen LogP contribution is -2.36. The van der Waals surface area contributed by atoms with Gasteiger partial charge in [0.25, 0.3) is 5.91 Å². The van der Waals surface area contributed by atoms with Crippen molar-refractivity contribution < 1.29 is 14.3 Å². The van der Waals surface area contributed by atoms with E-state index in [0.29, 0.717) is 53.6 Å². The third-order valence-corrected chi connectivity index (χ3v) is 5.45. The van der Waals surface area contributed by atoms with Crippen molar-refractivity contribution in [3.8, 4) is 0 Å². The Morgan fingerprint density at radius 2 is 1.68 bits per heavy atom. The molecule has 2 aromatic carbocycles. The molecule has 1 amide bonds. The van der Waals surface area contributed by atoms with Crippen molar-refractivity contribution in [1.29, 1.82) is 0 Å². The molecule has 0 bridgehead atoms. The summed E-state index contributed by atoms with van der Waals surface area (Å²) < 4.78 is 5.22. The summed E-state index contributed by atoms with van der Waals surface area (Å²) in [4.78, 5) is 38.6. The van der Waals surface area contributed by atoms with Gasteiger partial charge in [-0.25, -0.2) is 14.8 Å². The summed E-state index contributed by atoms with van der Waals surface area (Å²) in [6.45, 7) is 4.35. The van der Waals surface area contributed by atoms with E-state index < -0.39 is 5.97 Å². The number of benzene rings is 2. The van der Waals surface area contributed by atoms with E-state index in [1.54, 1.807) is 31.2 Å². The fourth-order valence-corrected chi connectivity index (χ4v) is 3.78. The van der Waals surface area contributed by atoms with Gasteiger partial charge in [0.2, 0.25) is 0 Å². The van der Waals surface area contributed by atoms with Gasteiger partial charge in [0.05, 0.1) is 17.6 Å². The van der Waals surface area contributed by atoms with E-state index in [1.807, 2.05) is 34.1 Å². The van der Waals surface area contributed by atoms with Crippen LogP contribution in [0.15, 0.2) is 48.5 Å². The van der Waals surface area contributed by atoms with Gasteiger partial charge in [-0.3, -0.25) is 4.79 Å². The van der Waals surface area contributed by atoms with Crippen molar-refractivity contribution in [2.45, 2.75) is 13.3 Å². The van der Waals surface area contributed by atoms with Crippen molar-refractivity contribution in [2.24, 2.45) is 0 Å². The molecule has 1 fully saturated rings. The van der Waals surface area contributed by atoms with E-state index in [9.17, 15) is 9.59 Å². The second-order valence-corrected chi connectivity index (χ2v) is 7.68. The smallest absolute Gasteiger partial charge is 0.360 e. The Labute approximate surface area is 185 Å². The third-order valence-electron chi connectivity index (χ3n) is 5.19. The first-order valence-corrected chi connectivity index (χ1v) is 10.7. The second-order valence-electron chi connectivity index (χ2n) is 7.24. The van der Waals surface area contributed by atoms with Crippen molar-refractivity contribution in [3.63, 3.8) is 0 Å². The molecule has 1 aliphatic heterocycles. The molecule has 0 atom stereocenters. The number of carbonyl (C=O) groups is 2. The van der Waals surface area contributed by atoms with E-state index in [2.05, 4.69) is 4.98 Å². The summed E-state index contributed by atoms with van der Waals surface area (Å²) in [6, 6.07) is 14.3. The number of hydrogen-bond acceptors (Lipinski definition) is 6. The standard InChI is InChI=1S/C23H23ClN4O3/c1-2-31-23(30)20-21(26-19-7-4-3-6-18(19)25-20)27-12-5-13-28(15-14-27)22(29)16-8-10-17(24)11-9-16/h3-4,6-11H,2,5,12-15H2,1H3. The number of hydrogen-bond donors (Lipinski definition) is 0. The highest BCUT2D eigenvalue weighted by Crippen LogP contribution is 2.23. The van der Waals surface area contributed by atoms with Gasteiger partial charge in [-0.1, -0.05) is 23.7 Å². The van der Waals surface area contributed by atoms with Crippen LogP contribution in [0.5, 0.6) is 0 Å². The van der Waals surface area contributed by atoms with Crippen LogP contribution in [0.4, 0.5) is 5.82 Å². The Morgan fingerprint density at radius 3 is 2.39 bits per heavy atom. The van der Waals surface area contributed by atoms with Crippen LogP contribution in [-0.2, 0) is 4.74 Å².